The molecule has 8 heteroatoms. The molecule has 2 aromatic heterocycles. The normalized spacial score (nSPS) is 21.5. The van der Waals surface area contributed by atoms with Crippen LogP contribution in [-0.2, 0) is 9.84 Å². The number of Topliss-reactive ketones (excluding diaryl/α,β-unsaturated/α-hetero) is 1. The summed E-state index contributed by atoms with van der Waals surface area (Å²) in [6, 6.07) is 2.36. The van der Waals surface area contributed by atoms with Gasteiger partial charge in [0.05, 0.1) is 23.0 Å². The third-order valence-electron chi connectivity index (χ3n) is 6.73. The number of rotatable bonds is 6. The Morgan fingerprint density at radius 3 is 2.40 bits per heavy atom. The van der Waals surface area contributed by atoms with Crippen LogP contribution in [0.15, 0.2) is 11.2 Å². The van der Waals surface area contributed by atoms with Crippen LogP contribution in [0.1, 0.15) is 77.3 Å². The zero-order valence-electron chi connectivity index (χ0n) is 18.3. The number of ketones is 1. The molecule has 1 aliphatic heterocycles. The zero-order valence-corrected chi connectivity index (χ0v) is 19.9. The largest absolute Gasteiger partial charge is 0.344 e. The van der Waals surface area contributed by atoms with Crippen molar-refractivity contribution in [3.8, 4) is 0 Å². The van der Waals surface area contributed by atoms with Crippen LogP contribution in [0.5, 0.6) is 0 Å². The molecule has 1 saturated heterocycles. The van der Waals surface area contributed by atoms with Gasteiger partial charge in [0, 0.05) is 34.7 Å². The van der Waals surface area contributed by atoms with E-state index < -0.39 is 9.84 Å². The summed E-state index contributed by atoms with van der Waals surface area (Å²) in [4.78, 5) is 17.8. The first-order valence-corrected chi connectivity index (χ1v) is 13.6. The Hall–Kier alpha value is -1.54. The molecule has 0 aromatic carbocycles. The Bertz CT molecular complexity index is 1080. The highest BCUT2D eigenvalue weighted by molar-refractivity contribution is 7.99. The number of hydrogen-bond donors (Lipinski definition) is 0. The van der Waals surface area contributed by atoms with Crippen molar-refractivity contribution >= 4 is 27.4 Å². The van der Waals surface area contributed by atoms with Gasteiger partial charge < -0.3 is 9.13 Å². The monoisotopic (exact) mass is 449 g/mol. The smallest absolute Gasteiger partial charge is 0.175 e. The molecule has 30 heavy (non-hydrogen) atoms. The quantitative estimate of drug-likeness (QED) is 0.484. The molecule has 0 bridgehead atoms. The van der Waals surface area contributed by atoms with E-state index in [2.05, 4.69) is 16.1 Å². The van der Waals surface area contributed by atoms with Gasteiger partial charge in [0.15, 0.2) is 20.8 Å². The number of aromatic nitrogens is 3. The lowest BCUT2D eigenvalue weighted by molar-refractivity contribution is 0.102. The second kappa shape index (κ2) is 8.19. The molecule has 0 amide bonds. The maximum absolute atomic E-state index is 13.1. The first-order chi connectivity index (χ1) is 14.2. The maximum Gasteiger partial charge on any atom is 0.175 e. The summed E-state index contributed by atoms with van der Waals surface area (Å²) in [5.74, 6) is 0.825. The van der Waals surface area contributed by atoms with Gasteiger partial charge >= 0.3 is 0 Å². The molecular weight excluding hydrogens is 418 g/mol. The van der Waals surface area contributed by atoms with Crippen LogP contribution < -0.4 is 0 Å². The first kappa shape index (κ1) is 21.7. The molecule has 0 N–H and O–H groups in total. The van der Waals surface area contributed by atoms with Crippen molar-refractivity contribution in [3.63, 3.8) is 0 Å². The number of aryl methyl sites for hydroxylation is 2. The average Bonchev–Trinajstić information content (AvgIpc) is 3.43. The van der Waals surface area contributed by atoms with E-state index in [9.17, 15) is 13.2 Å². The summed E-state index contributed by atoms with van der Waals surface area (Å²) in [5.41, 5.74) is 4.79. The van der Waals surface area contributed by atoms with Gasteiger partial charge in [-0.25, -0.2) is 13.4 Å². The van der Waals surface area contributed by atoms with Crippen LogP contribution in [0.4, 0.5) is 0 Å². The molecule has 2 fully saturated rings. The van der Waals surface area contributed by atoms with Crippen LogP contribution >= 0.6 is 11.8 Å². The third-order valence-corrected chi connectivity index (χ3v) is 9.44. The van der Waals surface area contributed by atoms with Crippen LogP contribution in [0.3, 0.4) is 0 Å². The van der Waals surface area contributed by atoms with Crippen molar-refractivity contribution < 1.29 is 13.2 Å². The summed E-state index contributed by atoms with van der Waals surface area (Å²) in [5, 5.41) is 0.945. The SMILES string of the molecule is Cc1nc(SCC(=O)c2cc(C)n([C@H]3CCS(=O)(=O)C3)c2C)n(C2CCCC2)c1C. The molecule has 2 aromatic rings. The van der Waals surface area contributed by atoms with Crippen molar-refractivity contribution in [2.24, 2.45) is 0 Å². The van der Waals surface area contributed by atoms with E-state index in [0.717, 1.165) is 22.2 Å². The Kier molecular flexibility index (Phi) is 5.92. The van der Waals surface area contributed by atoms with E-state index >= 15 is 0 Å². The van der Waals surface area contributed by atoms with Gasteiger partial charge in [0.25, 0.3) is 0 Å². The van der Waals surface area contributed by atoms with Gasteiger partial charge in [-0.15, -0.1) is 0 Å². The fourth-order valence-electron chi connectivity index (χ4n) is 5.10. The van der Waals surface area contributed by atoms with Gasteiger partial charge in [-0.2, -0.15) is 0 Å². The minimum atomic E-state index is -2.97. The maximum atomic E-state index is 13.1. The predicted molar refractivity (Wildman–Crippen MR) is 120 cm³/mol. The Morgan fingerprint density at radius 1 is 1.07 bits per heavy atom. The van der Waals surface area contributed by atoms with E-state index in [1.165, 1.54) is 43.1 Å². The van der Waals surface area contributed by atoms with Crippen molar-refractivity contribution in [2.75, 3.05) is 17.3 Å². The second-order valence-corrected chi connectivity index (χ2v) is 12.0. The predicted octanol–water partition coefficient (Wildman–Crippen LogP) is 4.37. The van der Waals surface area contributed by atoms with Gasteiger partial charge in [-0.05, 0) is 53.0 Å². The molecule has 1 atom stereocenters. The lowest BCUT2D eigenvalue weighted by atomic mass is 10.2. The second-order valence-electron chi connectivity index (χ2n) is 8.80. The van der Waals surface area contributed by atoms with Crippen molar-refractivity contribution in [2.45, 2.75) is 77.0 Å². The molecule has 2 aliphatic rings. The molecule has 4 rings (SSSR count). The molecular formula is C22H31N3O3S2. The molecule has 1 saturated carbocycles. The van der Waals surface area contributed by atoms with Crippen LogP contribution in [-0.4, -0.2) is 45.6 Å². The topological polar surface area (TPSA) is 74.0 Å². The van der Waals surface area contributed by atoms with Gasteiger partial charge in [0.2, 0.25) is 0 Å². The molecule has 3 heterocycles. The number of thioether (sulfide) groups is 1. The summed E-state index contributed by atoms with van der Waals surface area (Å²) < 4.78 is 28.2. The van der Waals surface area contributed by atoms with Crippen LogP contribution in [0, 0.1) is 27.7 Å². The van der Waals surface area contributed by atoms with Gasteiger partial charge in [0.1, 0.15) is 0 Å². The van der Waals surface area contributed by atoms with Crippen LogP contribution in [0.25, 0.3) is 0 Å². The Balaban J connectivity index is 1.52. The lowest BCUT2D eigenvalue weighted by Crippen LogP contribution is -2.15. The number of carbonyl (C=O) groups excluding carboxylic acids is 1. The number of carbonyl (C=O) groups is 1. The minimum Gasteiger partial charge on any atom is -0.344 e. The highest BCUT2D eigenvalue weighted by Crippen LogP contribution is 2.36. The fourth-order valence-corrected chi connectivity index (χ4v) is 7.84. The van der Waals surface area contributed by atoms with E-state index in [4.69, 9.17) is 4.98 Å². The summed E-state index contributed by atoms with van der Waals surface area (Å²) in [7, 11) is -2.97. The molecule has 6 nitrogen and oxygen atoms in total. The Morgan fingerprint density at radius 2 is 1.77 bits per heavy atom. The zero-order chi connectivity index (χ0) is 21.6. The van der Waals surface area contributed by atoms with Gasteiger partial charge in [-0.3, -0.25) is 4.79 Å². The van der Waals surface area contributed by atoms with E-state index in [0.29, 0.717) is 23.8 Å². The van der Waals surface area contributed by atoms with Crippen molar-refractivity contribution in [3.05, 3.63) is 34.4 Å². The third kappa shape index (κ3) is 4.00. The molecule has 0 radical (unpaired) electrons. The van der Waals surface area contributed by atoms with E-state index in [1.807, 2.05) is 26.8 Å². The number of sulfone groups is 1. The summed E-state index contributed by atoms with van der Waals surface area (Å²) in [6.45, 7) is 8.05. The Labute approximate surface area is 183 Å². The fraction of sp³-hybridized carbons (Fsp3) is 0.636. The highest BCUT2D eigenvalue weighted by Gasteiger charge is 2.32. The number of imidazole rings is 1. The van der Waals surface area contributed by atoms with Crippen molar-refractivity contribution in [1.82, 2.24) is 14.1 Å². The lowest BCUT2D eigenvalue weighted by Gasteiger charge is -2.17. The summed E-state index contributed by atoms with van der Waals surface area (Å²) in [6.07, 6.45) is 5.51. The standard InChI is InChI=1S/C22H31N3O3S2/c1-14-11-20(17(4)24(14)19-9-10-30(27,28)13-19)21(26)12-29-22-23-15(2)16(3)25(22)18-7-5-6-8-18/h11,18-19H,5-10,12-13H2,1-4H3/t19-/m0/s1. The highest BCUT2D eigenvalue weighted by atomic mass is 32.2. The molecule has 164 valence electrons. The first-order valence-electron chi connectivity index (χ1n) is 10.8. The van der Waals surface area contributed by atoms with Crippen LogP contribution in [0.2, 0.25) is 0 Å². The summed E-state index contributed by atoms with van der Waals surface area (Å²) >= 11 is 1.52. The van der Waals surface area contributed by atoms with E-state index in [-0.39, 0.29) is 23.3 Å². The van der Waals surface area contributed by atoms with Gasteiger partial charge in [-0.1, -0.05) is 24.6 Å². The van der Waals surface area contributed by atoms with E-state index in [1.54, 1.807) is 0 Å². The molecule has 0 spiro atoms. The average molecular weight is 450 g/mol. The number of hydrogen-bond acceptors (Lipinski definition) is 5. The van der Waals surface area contributed by atoms with Crippen molar-refractivity contribution in [1.29, 1.82) is 0 Å². The minimum absolute atomic E-state index is 0.0595. The molecule has 1 aliphatic carbocycles. The molecule has 0 unspecified atom stereocenters. The number of nitrogens with zero attached hydrogens (tertiary/aromatic N) is 3.